The summed E-state index contributed by atoms with van der Waals surface area (Å²) in [6.45, 7) is 10.5. The van der Waals surface area contributed by atoms with E-state index in [1.165, 1.54) is 39.5 Å². The van der Waals surface area contributed by atoms with Gasteiger partial charge in [-0.05, 0) is 24.1 Å². The van der Waals surface area contributed by atoms with Crippen LogP contribution < -0.4 is 0 Å². The molecule has 0 heterocycles. The van der Waals surface area contributed by atoms with Gasteiger partial charge in [0.25, 0.3) is 0 Å². The Morgan fingerprint density at radius 3 is 0.958 bits per heavy atom. The van der Waals surface area contributed by atoms with Crippen LogP contribution in [0.2, 0.25) is 0 Å². The molecule has 1 rings (SSSR count). The summed E-state index contributed by atoms with van der Waals surface area (Å²) in [6.07, 6.45) is 0. The van der Waals surface area contributed by atoms with E-state index in [4.69, 9.17) is 0 Å². The Morgan fingerprint density at radius 1 is 0.667 bits per heavy atom. The van der Waals surface area contributed by atoms with E-state index >= 15 is 0 Å². The first-order chi connectivity index (χ1) is 11.3. The largest absolute Gasteiger partial charge is 0.465 e. The Morgan fingerprint density at radius 2 is 0.833 bits per heavy atom. The molecule has 24 heavy (non-hydrogen) atoms. The molecule has 6 heteroatoms. The van der Waals surface area contributed by atoms with Crippen LogP contribution in [0.25, 0.3) is 0 Å². The molecule has 1 aromatic rings. The zero-order valence-electron chi connectivity index (χ0n) is 15.8. The fraction of sp³-hybridized carbons (Fsp3) is 0.500. The van der Waals surface area contributed by atoms with Crippen LogP contribution in [-0.2, 0) is 14.2 Å². The van der Waals surface area contributed by atoms with Crippen LogP contribution in [0.4, 0.5) is 0 Å². The van der Waals surface area contributed by atoms with Crippen molar-refractivity contribution in [1.82, 2.24) is 0 Å². The summed E-state index contributed by atoms with van der Waals surface area (Å²) in [5.74, 6) is -1.15. The third kappa shape index (κ3) is 8.92. The molecule has 0 radical (unpaired) electrons. The number of benzene rings is 1. The zero-order chi connectivity index (χ0) is 19.3. The van der Waals surface area contributed by atoms with Gasteiger partial charge in [-0.1, -0.05) is 34.6 Å². The number of hydrogen-bond donors (Lipinski definition) is 0. The van der Waals surface area contributed by atoms with Crippen molar-refractivity contribution in [2.45, 2.75) is 34.6 Å². The van der Waals surface area contributed by atoms with E-state index in [2.05, 4.69) is 35.0 Å². The number of methoxy groups -OCH3 is 3. The lowest BCUT2D eigenvalue weighted by molar-refractivity contribution is 0.0597. The Kier molecular flexibility index (Phi) is 13.0. The Bertz CT molecular complexity index is 448. The third-order valence-corrected chi connectivity index (χ3v) is 2.20. The van der Waals surface area contributed by atoms with Gasteiger partial charge >= 0.3 is 17.9 Å². The van der Waals surface area contributed by atoms with Gasteiger partial charge in [0.2, 0.25) is 0 Å². The van der Waals surface area contributed by atoms with Gasteiger partial charge in [0.1, 0.15) is 0 Å². The molecule has 0 saturated heterocycles. The fourth-order valence-corrected chi connectivity index (χ4v) is 1.33. The maximum atomic E-state index is 11.4. The van der Waals surface area contributed by atoms with Crippen LogP contribution in [0.5, 0.6) is 0 Å². The highest BCUT2D eigenvalue weighted by molar-refractivity contribution is 6.00. The van der Waals surface area contributed by atoms with E-state index in [1.54, 1.807) is 0 Å². The molecule has 1 aromatic carbocycles. The molecular weight excluding hydrogens is 312 g/mol. The lowest BCUT2D eigenvalue weighted by Crippen LogP contribution is -2.10. The van der Waals surface area contributed by atoms with E-state index in [-0.39, 0.29) is 16.7 Å². The summed E-state index contributed by atoms with van der Waals surface area (Å²) in [4.78, 5) is 34.2. The molecule has 136 valence electrons. The maximum Gasteiger partial charge on any atom is 0.337 e. The lowest BCUT2D eigenvalue weighted by Gasteiger charge is -2.06. The van der Waals surface area contributed by atoms with E-state index in [0.717, 1.165) is 5.92 Å². The van der Waals surface area contributed by atoms with Crippen LogP contribution in [0, 0.1) is 5.92 Å². The third-order valence-electron chi connectivity index (χ3n) is 2.20. The van der Waals surface area contributed by atoms with Gasteiger partial charge in [0.05, 0.1) is 38.0 Å². The predicted octanol–water partition coefficient (Wildman–Crippen LogP) is 3.73. The molecule has 0 N–H and O–H groups in total. The summed E-state index contributed by atoms with van der Waals surface area (Å²) in [5, 5.41) is 0. The molecule has 0 unspecified atom stereocenters. The molecule has 0 aliphatic heterocycles. The molecule has 0 spiro atoms. The Labute approximate surface area is 144 Å². The van der Waals surface area contributed by atoms with Crippen molar-refractivity contribution in [3.05, 3.63) is 34.9 Å². The Hall–Kier alpha value is -2.37. The van der Waals surface area contributed by atoms with Crippen molar-refractivity contribution < 1.29 is 28.6 Å². The first kappa shape index (κ1) is 23.9. The first-order valence-corrected chi connectivity index (χ1v) is 7.66. The second-order valence-electron chi connectivity index (χ2n) is 5.01. The zero-order valence-corrected chi connectivity index (χ0v) is 15.8. The number of rotatable bonds is 3. The van der Waals surface area contributed by atoms with Crippen LogP contribution in [0.1, 0.15) is 65.7 Å². The van der Waals surface area contributed by atoms with Gasteiger partial charge in [-0.25, -0.2) is 14.4 Å². The summed E-state index contributed by atoms with van der Waals surface area (Å²) >= 11 is 0. The Balaban J connectivity index is 0. The molecule has 0 bridgehead atoms. The topological polar surface area (TPSA) is 78.9 Å². The number of hydrogen-bond acceptors (Lipinski definition) is 6. The van der Waals surface area contributed by atoms with Crippen molar-refractivity contribution >= 4 is 17.9 Å². The molecule has 0 fully saturated rings. The minimum Gasteiger partial charge on any atom is -0.465 e. The monoisotopic (exact) mass is 340 g/mol. The molecule has 0 aromatic heterocycles. The van der Waals surface area contributed by atoms with Gasteiger partial charge in [-0.15, -0.1) is 0 Å². The molecule has 0 saturated carbocycles. The molecule has 6 nitrogen and oxygen atoms in total. The lowest BCUT2D eigenvalue weighted by atomic mass is 10.1. The average molecular weight is 340 g/mol. The van der Waals surface area contributed by atoms with E-state index in [1.807, 2.05) is 13.8 Å². The molecule has 0 aliphatic rings. The highest BCUT2D eigenvalue weighted by Gasteiger charge is 2.17. The highest BCUT2D eigenvalue weighted by atomic mass is 16.5. The fourth-order valence-electron chi connectivity index (χ4n) is 1.33. The molecule has 0 aliphatic carbocycles. The number of carbonyl (C=O) groups is 3. The van der Waals surface area contributed by atoms with Crippen molar-refractivity contribution in [1.29, 1.82) is 0 Å². The molecular formula is C18H28O6. The van der Waals surface area contributed by atoms with Gasteiger partial charge in [0, 0.05) is 0 Å². The normalized spacial score (nSPS) is 8.88. The van der Waals surface area contributed by atoms with Gasteiger partial charge in [0.15, 0.2) is 0 Å². The van der Waals surface area contributed by atoms with Crippen molar-refractivity contribution in [2.24, 2.45) is 5.92 Å². The summed E-state index contributed by atoms with van der Waals surface area (Å²) < 4.78 is 13.6. The van der Waals surface area contributed by atoms with E-state index in [0.29, 0.717) is 0 Å². The minimum atomic E-state index is -0.661. The SMILES string of the molecule is CC.CC(C)C.COC(=O)c1cc(C(=O)OC)cc(C(=O)OC)c1. The molecule has 0 atom stereocenters. The smallest absolute Gasteiger partial charge is 0.337 e. The first-order valence-electron chi connectivity index (χ1n) is 7.66. The van der Waals surface area contributed by atoms with Crippen LogP contribution in [0.15, 0.2) is 18.2 Å². The van der Waals surface area contributed by atoms with Gasteiger partial charge in [-0.3, -0.25) is 0 Å². The standard InChI is InChI=1S/C12H12O6.C4H10.C2H6/c1-16-10(13)7-4-8(11(14)17-2)6-9(5-7)12(15)18-3;1-4(2)3;1-2/h4-6H,1-3H3;4H,1-3H3;1-2H3. The van der Waals surface area contributed by atoms with Crippen LogP contribution >= 0.6 is 0 Å². The number of carbonyl (C=O) groups excluding carboxylic acids is 3. The quantitative estimate of drug-likeness (QED) is 0.616. The average Bonchev–Trinajstić information content (AvgIpc) is 2.60. The van der Waals surface area contributed by atoms with Crippen molar-refractivity contribution in [3.63, 3.8) is 0 Å². The second-order valence-corrected chi connectivity index (χ2v) is 5.01. The van der Waals surface area contributed by atoms with E-state index < -0.39 is 17.9 Å². The summed E-state index contributed by atoms with van der Waals surface area (Å²) in [6, 6.07) is 3.85. The predicted molar refractivity (Wildman–Crippen MR) is 92.3 cm³/mol. The van der Waals surface area contributed by atoms with E-state index in [9.17, 15) is 14.4 Å². The summed E-state index contributed by atoms with van der Waals surface area (Å²) in [7, 11) is 3.60. The van der Waals surface area contributed by atoms with Crippen molar-refractivity contribution in [3.8, 4) is 0 Å². The van der Waals surface area contributed by atoms with Gasteiger partial charge < -0.3 is 14.2 Å². The number of esters is 3. The van der Waals surface area contributed by atoms with Gasteiger partial charge in [-0.2, -0.15) is 0 Å². The van der Waals surface area contributed by atoms with Crippen LogP contribution in [0.3, 0.4) is 0 Å². The highest BCUT2D eigenvalue weighted by Crippen LogP contribution is 2.13. The summed E-state index contributed by atoms with van der Waals surface area (Å²) in [5.41, 5.74) is 0.211. The van der Waals surface area contributed by atoms with Crippen molar-refractivity contribution in [2.75, 3.05) is 21.3 Å². The maximum absolute atomic E-state index is 11.4. The minimum absolute atomic E-state index is 0.0702. The van der Waals surface area contributed by atoms with Crippen LogP contribution in [-0.4, -0.2) is 39.2 Å². The molecule has 0 amide bonds. The second kappa shape index (κ2) is 13.1. The number of ether oxygens (including phenoxy) is 3.